The Morgan fingerprint density at radius 1 is 0.825 bits per heavy atom. The summed E-state index contributed by atoms with van der Waals surface area (Å²) in [6.45, 7) is 4.15. The number of rotatable bonds is 4. The number of amidine groups is 2. The number of benzene rings is 4. The van der Waals surface area contributed by atoms with Gasteiger partial charge in [-0.1, -0.05) is 61.5 Å². The highest BCUT2D eigenvalue weighted by molar-refractivity contribution is 6.51. The Bertz CT molecular complexity index is 1770. The van der Waals surface area contributed by atoms with Crippen LogP contribution in [0.25, 0.3) is 5.69 Å². The maximum Gasteiger partial charge on any atom is 0.179 e. The van der Waals surface area contributed by atoms with Crippen LogP contribution in [0.3, 0.4) is 0 Å². The van der Waals surface area contributed by atoms with Gasteiger partial charge in [0.25, 0.3) is 0 Å². The molecule has 0 saturated heterocycles. The van der Waals surface area contributed by atoms with Crippen molar-refractivity contribution < 1.29 is 4.39 Å². The zero-order valence-corrected chi connectivity index (χ0v) is 22.2. The number of nitrogens with one attached hydrogen (secondary N) is 1. The Balaban J connectivity index is 1.47. The second-order valence-corrected chi connectivity index (χ2v) is 9.95. The molecule has 7 heteroatoms. The van der Waals surface area contributed by atoms with Gasteiger partial charge in [0.2, 0.25) is 0 Å². The Hall–Kier alpha value is -5.04. The number of anilines is 2. The minimum Gasteiger partial charge on any atom is -0.337 e. The van der Waals surface area contributed by atoms with Crippen LogP contribution in [0.15, 0.2) is 113 Å². The molecule has 0 fully saturated rings. The zero-order chi connectivity index (χ0) is 27.2. The van der Waals surface area contributed by atoms with Gasteiger partial charge in [-0.25, -0.2) is 19.1 Å². The molecule has 0 bridgehead atoms. The van der Waals surface area contributed by atoms with Crippen molar-refractivity contribution in [2.45, 2.75) is 26.3 Å². The van der Waals surface area contributed by atoms with E-state index in [1.165, 1.54) is 17.7 Å². The number of aryl methyl sites for hydroxylation is 2. The molecule has 5 aromatic rings. The van der Waals surface area contributed by atoms with Crippen molar-refractivity contribution in [1.82, 2.24) is 9.78 Å². The monoisotopic (exact) mass is 526 g/mol. The number of hydrogen-bond donors (Lipinski definition) is 1. The topological polar surface area (TPSA) is 57.8 Å². The summed E-state index contributed by atoms with van der Waals surface area (Å²) in [5.41, 5.74) is 7.65. The molecule has 1 aromatic heterocycles. The molecule has 0 radical (unpaired) electrons. The SMILES string of the molecule is CCc1ccc(NC2=Nc3ccccc3N3C2=Nc2c(c(C)nn2-c2ccccc2)[C@H]3c2ccc(F)cc2)cc1. The van der Waals surface area contributed by atoms with E-state index in [-0.39, 0.29) is 11.9 Å². The summed E-state index contributed by atoms with van der Waals surface area (Å²) in [4.78, 5) is 12.5. The van der Waals surface area contributed by atoms with Gasteiger partial charge < -0.3 is 10.2 Å². The van der Waals surface area contributed by atoms with Crippen molar-refractivity contribution >= 4 is 34.6 Å². The summed E-state index contributed by atoms with van der Waals surface area (Å²) >= 11 is 0. The van der Waals surface area contributed by atoms with Gasteiger partial charge in [0.05, 0.1) is 28.8 Å². The van der Waals surface area contributed by atoms with E-state index in [0.29, 0.717) is 11.7 Å². The number of aromatic nitrogens is 2. The molecule has 0 saturated carbocycles. The first-order chi connectivity index (χ1) is 19.6. The summed E-state index contributed by atoms with van der Waals surface area (Å²) < 4.78 is 16.0. The maximum absolute atomic E-state index is 14.1. The maximum atomic E-state index is 14.1. The molecule has 6 nitrogen and oxygen atoms in total. The van der Waals surface area contributed by atoms with E-state index < -0.39 is 0 Å². The van der Waals surface area contributed by atoms with Crippen LogP contribution in [0.1, 0.15) is 35.3 Å². The predicted octanol–water partition coefficient (Wildman–Crippen LogP) is 7.68. The van der Waals surface area contributed by atoms with Crippen molar-refractivity contribution in [3.8, 4) is 5.69 Å². The molecule has 2 aliphatic rings. The average Bonchev–Trinajstić information content (AvgIpc) is 3.33. The molecule has 4 aromatic carbocycles. The standard InChI is InChI=1S/C33H27FN6/c1-3-22-13-19-25(20-14-22)35-31-33-37-32-29(21(2)38-40(32)26-9-5-4-6-10-26)30(23-15-17-24(34)18-16-23)39(33)28-12-8-7-11-27(28)36-31/h4-20,30H,3H2,1-2H3,(H,35,36)/t30-/m1/s1. The summed E-state index contributed by atoms with van der Waals surface area (Å²) in [6.07, 6.45) is 0.972. The fourth-order valence-electron chi connectivity index (χ4n) is 5.47. The van der Waals surface area contributed by atoms with Crippen molar-refractivity contribution in [3.63, 3.8) is 0 Å². The molecule has 1 N–H and O–H groups in total. The quantitative estimate of drug-likeness (QED) is 0.261. The van der Waals surface area contributed by atoms with Gasteiger partial charge in [-0.15, -0.1) is 0 Å². The molecular weight excluding hydrogens is 499 g/mol. The zero-order valence-electron chi connectivity index (χ0n) is 22.2. The van der Waals surface area contributed by atoms with Gasteiger partial charge in [0.1, 0.15) is 5.82 Å². The summed E-state index contributed by atoms with van der Waals surface area (Å²) in [7, 11) is 0. The van der Waals surface area contributed by atoms with Gasteiger partial charge in [-0.2, -0.15) is 5.10 Å². The first kappa shape index (κ1) is 24.0. The second-order valence-electron chi connectivity index (χ2n) is 9.95. The number of halogens is 1. The van der Waals surface area contributed by atoms with E-state index in [2.05, 4.69) is 47.5 Å². The van der Waals surface area contributed by atoms with Crippen LogP contribution in [0.2, 0.25) is 0 Å². The third-order valence-electron chi connectivity index (χ3n) is 7.45. The lowest BCUT2D eigenvalue weighted by molar-refractivity contribution is 0.626. The number of hydrogen-bond acceptors (Lipinski definition) is 5. The van der Waals surface area contributed by atoms with Crippen LogP contribution in [-0.2, 0) is 6.42 Å². The molecule has 196 valence electrons. The van der Waals surface area contributed by atoms with E-state index in [1.54, 1.807) is 0 Å². The summed E-state index contributed by atoms with van der Waals surface area (Å²) in [5.74, 6) is 1.78. The van der Waals surface area contributed by atoms with Crippen molar-refractivity contribution in [3.05, 3.63) is 131 Å². The molecule has 2 aliphatic heterocycles. The molecule has 0 aliphatic carbocycles. The molecule has 7 rings (SSSR count). The van der Waals surface area contributed by atoms with Crippen molar-refractivity contribution in [1.29, 1.82) is 0 Å². The summed E-state index contributed by atoms with van der Waals surface area (Å²) in [5, 5.41) is 8.48. The van der Waals surface area contributed by atoms with Crippen molar-refractivity contribution in [2.75, 3.05) is 10.2 Å². The Morgan fingerprint density at radius 3 is 2.30 bits per heavy atom. The van der Waals surface area contributed by atoms with Gasteiger partial charge in [0, 0.05) is 11.3 Å². The van der Waals surface area contributed by atoms with Gasteiger partial charge in [-0.05, 0) is 73.0 Å². The highest BCUT2D eigenvalue weighted by Crippen LogP contribution is 2.48. The number of nitrogens with zero attached hydrogens (tertiary/aromatic N) is 5. The lowest BCUT2D eigenvalue weighted by Crippen LogP contribution is -2.46. The molecule has 0 amide bonds. The van der Waals surface area contributed by atoms with E-state index in [9.17, 15) is 4.39 Å². The lowest BCUT2D eigenvalue weighted by Gasteiger charge is -2.40. The van der Waals surface area contributed by atoms with Crippen LogP contribution in [0.4, 0.5) is 27.3 Å². The highest BCUT2D eigenvalue weighted by Gasteiger charge is 2.41. The minimum absolute atomic E-state index is 0.274. The van der Waals surface area contributed by atoms with Gasteiger partial charge >= 0.3 is 0 Å². The molecule has 0 unspecified atom stereocenters. The number of fused-ring (bicyclic) bond motifs is 4. The lowest BCUT2D eigenvalue weighted by atomic mass is 9.93. The van der Waals surface area contributed by atoms with Crippen LogP contribution in [-0.4, -0.2) is 21.5 Å². The second kappa shape index (κ2) is 9.61. The highest BCUT2D eigenvalue weighted by atomic mass is 19.1. The van der Waals surface area contributed by atoms with E-state index >= 15 is 0 Å². The van der Waals surface area contributed by atoms with Crippen LogP contribution < -0.4 is 10.2 Å². The normalized spacial score (nSPS) is 15.5. The largest absolute Gasteiger partial charge is 0.337 e. The van der Waals surface area contributed by atoms with Gasteiger partial charge in [-0.3, -0.25) is 0 Å². The van der Waals surface area contributed by atoms with E-state index in [4.69, 9.17) is 15.1 Å². The molecule has 3 heterocycles. The van der Waals surface area contributed by atoms with Crippen LogP contribution in [0, 0.1) is 12.7 Å². The Morgan fingerprint density at radius 2 is 1.55 bits per heavy atom. The average molecular weight is 527 g/mol. The molecule has 0 spiro atoms. The summed E-state index contributed by atoms with van der Waals surface area (Å²) in [6, 6.07) is 32.8. The Labute approximate surface area is 232 Å². The number of aliphatic imine (C=N–C) groups is 2. The molecule has 1 atom stereocenters. The molecular formula is C33H27FN6. The first-order valence-electron chi connectivity index (χ1n) is 13.4. The predicted molar refractivity (Wildman–Crippen MR) is 159 cm³/mol. The third kappa shape index (κ3) is 3.98. The van der Waals surface area contributed by atoms with Crippen LogP contribution in [0.5, 0.6) is 0 Å². The third-order valence-corrected chi connectivity index (χ3v) is 7.45. The van der Waals surface area contributed by atoms with Gasteiger partial charge in [0.15, 0.2) is 17.5 Å². The number of para-hydroxylation sites is 3. The fraction of sp³-hybridized carbons (Fsp3) is 0.121. The van der Waals surface area contributed by atoms with E-state index in [1.807, 2.05) is 72.3 Å². The Kier molecular flexibility index (Phi) is 5.77. The van der Waals surface area contributed by atoms with Crippen molar-refractivity contribution in [2.24, 2.45) is 9.98 Å². The minimum atomic E-state index is -0.295. The van der Waals surface area contributed by atoms with E-state index in [0.717, 1.165) is 51.8 Å². The smallest absolute Gasteiger partial charge is 0.179 e. The fourth-order valence-corrected chi connectivity index (χ4v) is 5.47. The van der Waals surface area contributed by atoms with Crippen LogP contribution >= 0.6 is 0 Å². The first-order valence-corrected chi connectivity index (χ1v) is 13.4. The molecule has 40 heavy (non-hydrogen) atoms.